The summed E-state index contributed by atoms with van der Waals surface area (Å²) in [6.45, 7) is 3.11. The fraction of sp³-hybridized carbons (Fsp3) is 0.152. The molecule has 1 N–H and O–H groups in total. The Morgan fingerprint density at radius 3 is 2.38 bits per heavy atom. The molecule has 0 aliphatic heterocycles. The van der Waals surface area contributed by atoms with Crippen molar-refractivity contribution >= 4 is 16.1 Å². The number of carbonyl (C=O) groups is 1. The standard InChI is InChI=1S/C33H27F3N2O6S/c1-21-14-15-31(44-45(41,42)26-12-7-11-25(17-26)33(34,35)36)27(16-21)28-18-29(23-8-4-3-5-9-23)38(37-28)19-32(40)43-20-24-10-6-13-30(39)22(24)2/h3-18,39H,19-20H2,1-2H3. The van der Waals surface area contributed by atoms with Gasteiger partial charge in [0, 0.05) is 5.56 Å². The van der Waals surface area contributed by atoms with Crippen LogP contribution in [0.15, 0.2) is 102 Å². The summed E-state index contributed by atoms with van der Waals surface area (Å²) in [6, 6.07) is 23.5. The zero-order valence-electron chi connectivity index (χ0n) is 24.1. The highest BCUT2D eigenvalue weighted by atomic mass is 32.2. The van der Waals surface area contributed by atoms with Crippen LogP contribution >= 0.6 is 0 Å². The van der Waals surface area contributed by atoms with E-state index in [1.807, 2.05) is 18.2 Å². The Hall–Kier alpha value is -5.10. The Kier molecular flexibility index (Phi) is 8.69. The lowest BCUT2D eigenvalue weighted by atomic mass is 10.1. The molecule has 5 aromatic rings. The number of aryl methyl sites for hydroxylation is 1. The van der Waals surface area contributed by atoms with Crippen molar-refractivity contribution in [2.45, 2.75) is 38.1 Å². The fourth-order valence-corrected chi connectivity index (χ4v) is 5.57. The van der Waals surface area contributed by atoms with Gasteiger partial charge in [0.15, 0.2) is 5.75 Å². The van der Waals surface area contributed by atoms with E-state index in [1.54, 1.807) is 56.3 Å². The van der Waals surface area contributed by atoms with Gasteiger partial charge in [-0.2, -0.15) is 26.7 Å². The number of alkyl halides is 3. The molecular weight excluding hydrogens is 609 g/mol. The Morgan fingerprint density at radius 2 is 1.64 bits per heavy atom. The molecule has 1 aromatic heterocycles. The largest absolute Gasteiger partial charge is 0.508 e. The van der Waals surface area contributed by atoms with E-state index in [2.05, 4.69) is 5.10 Å². The normalized spacial score (nSPS) is 11.8. The zero-order valence-corrected chi connectivity index (χ0v) is 24.9. The first-order chi connectivity index (χ1) is 21.3. The molecule has 0 unspecified atom stereocenters. The Bertz CT molecular complexity index is 1970. The van der Waals surface area contributed by atoms with Crippen LogP contribution in [0.2, 0.25) is 0 Å². The summed E-state index contributed by atoms with van der Waals surface area (Å²) in [5.74, 6) is -0.695. The van der Waals surface area contributed by atoms with Gasteiger partial charge in [0.25, 0.3) is 0 Å². The molecule has 8 nitrogen and oxygen atoms in total. The minimum Gasteiger partial charge on any atom is -0.508 e. The van der Waals surface area contributed by atoms with Crippen molar-refractivity contribution in [1.29, 1.82) is 0 Å². The lowest BCUT2D eigenvalue weighted by Crippen LogP contribution is -2.16. The molecule has 0 radical (unpaired) electrons. The molecule has 0 bridgehead atoms. The van der Waals surface area contributed by atoms with Crippen LogP contribution in [0.5, 0.6) is 11.5 Å². The van der Waals surface area contributed by atoms with Crippen molar-refractivity contribution in [1.82, 2.24) is 9.78 Å². The molecule has 45 heavy (non-hydrogen) atoms. The predicted octanol–water partition coefficient (Wildman–Crippen LogP) is 7.07. The molecule has 12 heteroatoms. The van der Waals surface area contributed by atoms with Crippen LogP contribution in [0.25, 0.3) is 22.5 Å². The van der Waals surface area contributed by atoms with Gasteiger partial charge in [-0.25, -0.2) is 0 Å². The first-order valence-corrected chi connectivity index (χ1v) is 15.0. The maximum atomic E-state index is 13.3. The van der Waals surface area contributed by atoms with Gasteiger partial charge in [0.2, 0.25) is 0 Å². The van der Waals surface area contributed by atoms with Gasteiger partial charge in [-0.3, -0.25) is 9.48 Å². The van der Waals surface area contributed by atoms with Crippen LogP contribution in [0, 0.1) is 13.8 Å². The number of rotatable bonds is 9. The van der Waals surface area contributed by atoms with E-state index in [0.717, 1.165) is 23.8 Å². The number of nitrogens with zero attached hydrogens (tertiary/aromatic N) is 2. The number of phenols is 1. The smallest absolute Gasteiger partial charge is 0.416 e. The lowest BCUT2D eigenvalue weighted by molar-refractivity contribution is -0.146. The number of hydrogen-bond acceptors (Lipinski definition) is 7. The highest BCUT2D eigenvalue weighted by molar-refractivity contribution is 7.87. The molecule has 5 rings (SSSR count). The monoisotopic (exact) mass is 636 g/mol. The predicted molar refractivity (Wildman–Crippen MR) is 160 cm³/mol. The van der Waals surface area contributed by atoms with Crippen LogP contribution in [0.4, 0.5) is 13.2 Å². The lowest BCUT2D eigenvalue weighted by Gasteiger charge is -2.13. The number of aromatic nitrogens is 2. The van der Waals surface area contributed by atoms with Crippen LogP contribution in [-0.4, -0.2) is 29.3 Å². The average molecular weight is 637 g/mol. The molecule has 0 aliphatic rings. The molecule has 232 valence electrons. The summed E-state index contributed by atoms with van der Waals surface area (Å²) < 4.78 is 78.3. The minimum absolute atomic E-state index is 0.0723. The molecule has 0 amide bonds. The number of ether oxygens (including phenoxy) is 1. The molecule has 0 aliphatic carbocycles. The van der Waals surface area contributed by atoms with Crippen molar-refractivity contribution in [3.63, 3.8) is 0 Å². The molecule has 0 saturated heterocycles. The summed E-state index contributed by atoms with van der Waals surface area (Å²) in [5.41, 5.74) is 2.54. The first kappa shape index (κ1) is 31.3. The van der Waals surface area contributed by atoms with Crippen molar-refractivity contribution in [3.8, 4) is 34.0 Å². The topological polar surface area (TPSA) is 108 Å². The molecule has 0 saturated carbocycles. The SMILES string of the molecule is Cc1ccc(OS(=O)(=O)c2cccc(C(F)(F)F)c2)c(-c2cc(-c3ccccc3)n(CC(=O)OCc3cccc(O)c3C)n2)c1. The van der Waals surface area contributed by atoms with Gasteiger partial charge >= 0.3 is 22.3 Å². The number of esters is 1. The van der Waals surface area contributed by atoms with Crippen LogP contribution in [0.3, 0.4) is 0 Å². The number of benzene rings is 4. The first-order valence-electron chi connectivity index (χ1n) is 13.6. The summed E-state index contributed by atoms with van der Waals surface area (Å²) in [6.07, 6.45) is -4.75. The number of phenolic OH excluding ortho intramolecular Hbond substituents is 1. The van der Waals surface area contributed by atoms with E-state index in [-0.39, 0.29) is 35.9 Å². The van der Waals surface area contributed by atoms with Crippen molar-refractivity contribution in [3.05, 3.63) is 119 Å². The highest BCUT2D eigenvalue weighted by Gasteiger charge is 2.32. The summed E-state index contributed by atoms with van der Waals surface area (Å²) in [7, 11) is -4.68. The molecule has 0 atom stereocenters. The van der Waals surface area contributed by atoms with E-state index in [9.17, 15) is 31.5 Å². The van der Waals surface area contributed by atoms with E-state index < -0.39 is 32.7 Å². The summed E-state index contributed by atoms with van der Waals surface area (Å²) >= 11 is 0. The second kappa shape index (κ2) is 12.5. The summed E-state index contributed by atoms with van der Waals surface area (Å²) in [4.78, 5) is 12.3. The third-order valence-electron chi connectivity index (χ3n) is 6.99. The molecular formula is C33H27F3N2O6S. The van der Waals surface area contributed by atoms with Gasteiger partial charge in [-0.15, -0.1) is 0 Å². The van der Waals surface area contributed by atoms with Crippen molar-refractivity contribution in [2.75, 3.05) is 0 Å². The second-order valence-electron chi connectivity index (χ2n) is 10.2. The minimum atomic E-state index is -4.75. The van der Waals surface area contributed by atoms with E-state index in [1.165, 1.54) is 16.8 Å². The van der Waals surface area contributed by atoms with Crippen LogP contribution in [0.1, 0.15) is 22.3 Å². The molecule has 0 spiro atoms. The van der Waals surface area contributed by atoms with Crippen LogP contribution in [-0.2, 0) is 39.0 Å². The van der Waals surface area contributed by atoms with Gasteiger partial charge in [0.05, 0.1) is 17.0 Å². The highest BCUT2D eigenvalue weighted by Crippen LogP contribution is 2.36. The Labute approximate surface area is 257 Å². The Morgan fingerprint density at radius 1 is 0.911 bits per heavy atom. The van der Waals surface area contributed by atoms with Crippen LogP contribution < -0.4 is 4.18 Å². The quantitative estimate of drug-likeness (QED) is 0.136. The Balaban J connectivity index is 1.49. The molecule has 4 aromatic carbocycles. The van der Waals surface area contributed by atoms with Gasteiger partial charge in [0.1, 0.15) is 23.8 Å². The summed E-state index contributed by atoms with van der Waals surface area (Å²) in [5, 5.41) is 14.5. The number of carbonyl (C=O) groups excluding carboxylic acids is 1. The molecule has 1 heterocycles. The fourth-order valence-electron chi connectivity index (χ4n) is 4.57. The number of aromatic hydroxyl groups is 1. The number of halogens is 3. The third kappa shape index (κ3) is 7.18. The van der Waals surface area contributed by atoms with E-state index in [4.69, 9.17) is 8.92 Å². The molecule has 0 fully saturated rings. The average Bonchev–Trinajstić information content (AvgIpc) is 3.42. The maximum absolute atomic E-state index is 13.3. The second-order valence-corrected chi connectivity index (χ2v) is 11.8. The number of hydrogen-bond donors (Lipinski definition) is 1. The third-order valence-corrected chi connectivity index (χ3v) is 8.23. The van der Waals surface area contributed by atoms with E-state index in [0.29, 0.717) is 28.5 Å². The maximum Gasteiger partial charge on any atom is 0.416 e. The van der Waals surface area contributed by atoms with Crippen molar-refractivity contribution in [2.24, 2.45) is 0 Å². The zero-order chi connectivity index (χ0) is 32.4. The van der Waals surface area contributed by atoms with Crippen molar-refractivity contribution < 1.29 is 40.4 Å². The van der Waals surface area contributed by atoms with Gasteiger partial charge in [-0.05, 0) is 73.0 Å². The van der Waals surface area contributed by atoms with E-state index >= 15 is 0 Å². The van der Waals surface area contributed by atoms with Gasteiger partial charge < -0.3 is 14.0 Å². The van der Waals surface area contributed by atoms with Gasteiger partial charge in [-0.1, -0.05) is 60.2 Å².